The van der Waals surface area contributed by atoms with Crippen molar-refractivity contribution in [2.45, 2.75) is 18.6 Å². The topological polar surface area (TPSA) is 52.6 Å². The Hall–Kier alpha value is -3.40. The molecule has 0 saturated carbocycles. The van der Waals surface area contributed by atoms with Crippen molar-refractivity contribution in [2.75, 3.05) is 0 Å². The van der Waals surface area contributed by atoms with Gasteiger partial charge in [0.1, 0.15) is 6.10 Å². The third kappa shape index (κ3) is 3.60. The molecule has 4 rings (SSSR count). The first-order chi connectivity index (χ1) is 13.2. The van der Waals surface area contributed by atoms with Gasteiger partial charge in [0.25, 0.3) is 0 Å². The van der Waals surface area contributed by atoms with Crippen LogP contribution in [0.3, 0.4) is 0 Å². The lowest BCUT2D eigenvalue weighted by Gasteiger charge is -2.21. The minimum absolute atomic E-state index is 0.422. The van der Waals surface area contributed by atoms with Gasteiger partial charge in [0.2, 0.25) is 0 Å². The lowest BCUT2D eigenvalue weighted by atomic mass is 10.1. The number of hydrogen-bond donors (Lipinski definition) is 0. The average molecular weight is 358 g/mol. The van der Waals surface area contributed by atoms with Gasteiger partial charge in [-0.3, -0.25) is 0 Å². The Morgan fingerprint density at radius 3 is 1.81 bits per heavy atom. The van der Waals surface area contributed by atoms with E-state index in [0.29, 0.717) is 17.5 Å². The van der Waals surface area contributed by atoms with Crippen molar-refractivity contribution in [3.8, 4) is 0 Å². The predicted molar refractivity (Wildman–Crippen MR) is 100 cm³/mol. The van der Waals surface area contributed by atoms with Gasteiger partial charge < -0.3 is 9.47 Å². The third-order valence-electron chi connectivity index (χ3n) is 4.63. The minimum Gasteiger partial charge on any atom is -0.454 e. The van der Waals surface area contributed by atoms with Gasteiger partial charge in [0, 0.05) is 6.42 Å². The summed E-state index contributed by atoms with van der Waals surface area (Å²) in [5, 5.41) is 0. The average Bonchev–Trinajstić information content (AvgIpc) is 3.06. The smallest absolute Gasteiger partial charge is 0.338 e. The highest BCUT2D eigenvalue weighted by atomic mass is 16.6. The van der Waals surface area contributed by atoms with Crippen LogP contribution in [0.4, 0.5) is 0 Å². The molecule has 3 aromatic carbocycles. The fraction of sp³-hybridized carbons (Fsp3) is 0.130. The van der Waals surface area contributed by atoms with Crippen LogP contribution in [0.5, 0.6) is 0 Å². The third-order valence-corrected chi connectivity index (χ3v) is 4.63. The summed E-state index contributed by atoms with van der Waals surface area (Å²) in [5.74, 6) is -0.854. The van der Waals surface area contributed by atoms with Gasteiger partial charge in [-0.25, -0.2) is 9.59 Å². The summed E-state index contributed by atoms with van der Waals surface area (Å²) < 4.78 is 11.5. The SMILES string of the molecule is O=C(O[C@H]1Cc2ccccc2[C@@H]1OC(=O)c1ccccc1)c1ccccc1. The second kappa shape index (κ2) is 7.46. The maximum absolute atomic E-state index is 12.5. The minimum atomic E-state index is -0.624. The van der Waals surface area contributed by atoms with E-state index in [1.54, 1.807) is 48.5 Å². The molecule has 27 heavy (non-hydrogen) atoms. The van der Waals surface area contributed by atoms with E-state index in [2.05, 4.69) is 0 Å². The molecule has 2 atom stereocenters. The van der Waals surface area contributed by atoms with Crippen LogP contribution >= 0.6 is 0 Å². The molecule has 0 fully saturated rings. The molecule has 0 aliphatic heterocycles. The Labute approximate surface area is 157 Å². The second-order valence-electron chi connectivity index (χ2n) is 6.40. The number of benzene rings is 3. The first-order valence-electron chi connectivity index (χ1n) is 8.82. The summed E-state index contributed by atoms with van der Waals surface area (Å²) in [5.41, 5.74) is 2.85. The maximum Gasteiger partial charge on any atom is 0.338 e. The van der Waals surface area contributed by atoms with Crippen LogP contribution in [0.25, 0.3) is 0 Å². The van der Waals surface area contributed by atoms with Crippen LogP contribution in [-0.4, -0.2) is 18.0 Å². The van der Waals surface area contributed by atoms with Crippen LogP contribution in [0.15, 0.2) is 84.9 Å². The van der Waals surface area contributed by atoms with Crippen molar-refractivity contribution in [3.05, 3.63) is 107 Å². The Morgan fingerprint density at radius 1 is 0.667 bits per heavy atom. The van der Waals surface area contributed by atoms with Gasteiger partial charge in [-0.15, -0.1) is 0 Å². The molecule has 0 radical (unpaired) electrons. The van der Waals surface area contributed by atoms with Gasteiger partial charge >= 0.3 is 11.9 Å². The van der Waals surface area contributed by atoms with Crippen molar-refractivity contribution in [1.29, 1.82) is 0 Å². The molecule has 4 heteroatoms. The van der Waals surface area contributed by atoms with E-state index >= 15 is 0 Å². The molecule has 0 bridgehead atoms. The largest absolute Gasteiger partial charge is 0.454 e. The fourth-order valence-electron chi connectivity index (χ4n) is 3.30. The molecule has 0 aromatic heterocycles. The predicted octanol–water partition coefficient (Wildman–Crippen LogP) is 4.37. The number of carbonyl (C=O) groups is 2. The highest BCUT2D eigenvalue weighted by Gasteiger charge is 2.38. The molecule has 3 aromatic rings. The van der Waals surface area contributed by atoms with E-state index in [4.69, 9.17) is 9.47 Å². The summed E-state index contributed by atoms with van der Waals surface area (Å²) in [7, 11) is 0. The molecule has 4 nitrogen and oxygen atoms in total. The van der Waals surface area contributed by atoms with E-state index in [9.17, 15) is 9.59 Å². The summed E-state index contributed by atoms with van der Waals surface area (Å²) >= 11 is 0. The molecule has 134 valence electrons. The summed E-state index contributed by atoms with van der Waals surface area (Å²) in [6.07, 6.45) is -0.661. The second-order valence-corrected chi connectivity index (χ2v) is 6.40. The normalized spacial score (nSPS) is 17.8. The number of carbonyl (C=O) groups excluding carboxylic acids is 2. The lowest BCUT2D eigenvalue weighted by molar-refractivity contribution is -0.0301. The zero-order chi connectivity index (χ0) is 18.6. The van der Waals surface area contributed by atoms with Crippen LogP contribution < -0.4 is 0 Å². The summed E-state index contributed by atoms with van der Waals surface area (Å²) in [6.45, 7) is 0. The monoisotopic (exact) mass is 358 g/mol. The fourth-order valence-corrected chi connectivity index (χ4v) is 3.30. The van der Waals surface area contributed by atoms with Crippen molar-refractivity contribution >= 4 is 11.9 Å². The number of hydrogen-bond acceptors (Lipinski definition) is 4. The van der Waals surface area contributed by atoms with Crippen molar-refractivity contribution in [3.63, 3.8) is 0 Å². The number of esters is 2. The quantitative estimate of drug-likeness (QED) is 0.650. The van der Waals surface area contributed by atoms with Gasteiger partial charge in [-0.2, -0.15) is 0 Å². The van der Waals surface area contributed by atoms with E-state index in [0.717, 1.165) is 11.1 Å². The number of ether oxygens (including phenoxy) is 2. The highest BCUT2D eigenvalue weighted by Crippen LogP contribution is 2.37. The van der Waals surface area contributed by atoms with Crippen LogP contribution in [0, 0.1) is 0 Å². The van der Waals surface area contributed by atoms with Crippen molar-refractivity contribution < 1.29 is 19.1 Å². The molecule has 0 amide bonds. The van der Waals surface area contributed by atoms with E-state index in [1.165, 1.54) is 0 Å². The Morgan fingerprint density at radius 2 is 1.19 bits per heavy atom. The molecule has 0 N–H and O–H groups in total. The molecular formula is C23H18O4. The van der Waals surface area contributed by atoms with Crippen LogP contribution in [0.2, 0.25) is 0 Å². The lowest BCUT2D eigenvalue weighted by Crippen LogP contribution is -2.26. The molecular weight excluding hydrogens is 340 g/mol. The van der Waals surface area contributed by atoms with Gasteiger partial charge in [0.15, 0.2) is 6.10 Å². The number of rotatable bonds is 4. The Balaban J connectivity index is 1.57. The first kappa shape index (κ1) is 17.0. The maximum atomic E-state index is 12.5. The van der Waals surface area contributed by atoms with E-state index in [1.807, 2.05) is 36.4 Å². The van der Waals surface area contributed by atoms with E-state index in [-0.39, 0.29) is 0 Å². The standard InChI is InChI=1S/C23H18O4/c24-22(16-9-3-1-4-10-16)26-20-15-18-13-7-8-14-19(18)21(20)27-23(25)17-11-5-2-6-12-17/h1-14,20-21H,15H2/t20-,21-/m0/s1. The van der Waals surface area contributed by atoms with Gasteiger partial charge in [-0.05, 0) is 35.4 Å². The van der Waals surface area contributed by atoms with Crippen molar-refractivity contribution in [1.82, 2.24) is 0 Å². The highest BCUT2D eigenvalue weighted by molar-refractivity contribution is 5.90. The molecule has 0 spiro atoms. The zero-order valence-electron chi connectivity index (χ0n) is 14.6. The summed E-state index contributed by atoms with van der Waals surface area (Å²) in [6, 6.07) is 25.3. The Kier molecular flexibility index (Phi) is 4.71. The van der Waals surface area contributed by atoms with E-state index < -0.39 is 24.1 Å². The molecule has 1 aliphatic rings. The molecule has 0 unspecified atom stereocenters. The molecule has 1 aliphatic carbocycles. The Bertz CT molecular complexity index is 950. The molecule has 0 saturated heterocycles. The zero-order valence-corrected chi connectivity index (χ0v) is 14.6. The van der Waals surface area contributed by atoms with Crippen LogP contribution in [0.1, 0.15) is 37.9 Å². The van der Waals surface area contributed by atoms with Gasteiger partial charge in [0.05, 0.1) is 11.1 Å². The summed E-state index contributed by atoms with van der Waals surface area (Å²) in [4.78, 5) is 25.0. The van der Waals surface area contributed by atoms with Crippen LogP contribution in [-0.2, 0) is 15.9 Å². The number of fused-ring (bicyclic) bond motifs is 1. The first-order valence-corrected chi connectivity index (χ1v) is 8.82. The van der Waals surface area contributed by atoms with Gasteiger partial charge in [-0.1, -0.05) is 60.7 Å². The molecule has 0 heterocycles. The van der Waals surface area contributed by atoms with Crippen molar-refractivity contribution in [2.24, 2.45) is 0 Å².